The van der Waals surface area contributed by atoms with Crippen molar-refractivity contribution in [2.75, 3.05) is 13.2 Å². The van der Waals surface area contributed by atoms with Crippen molar-refractivity contribution >= 4 is 17.4 Å². The Morgan fingerprint density at radius 3 is 2.96 bits per heavy atom. The van der Waals surface area contributed by atoms with E-state index in [0.29, 0.717) is 31.5 Å². The summed E-state index contributed by atoms with van der Waals surface area (Å²) in [6.45, 7) is 3.64. The molecule has 0 spiro atoms. The normalized spacial score (nSPS) is 16.9. The van der Waals surface area contributed by atoms with E-state index in [0.717, 1.165) is 18.4 Å². The molecular formula is C15H20N4O3S. The van der Waals surface area contributed by atoms with Crippen molar-refractivity contribution in [3.63, 3.8) is 0 Å². The molecule has 0 aliphatic carbocycles. The van der Waals surface area contributed by atoms with Gasteiger partial charge >= 0.3 is 6.03 Å². The summed E-state index contributed by atoms with van der Waals surface area (Å²) < 4.78 is 10.7. The standard InChI is InChI=1S/C15H20N4O3S/c1-10-17-14(22-19-10)13(12-2-5-21-6-3-12)18-15(20)16-8-11-4-7-23-9-11/h4,7,9,12-13H,2-3,5-6,8H2,1H3,(H2,16,18,20)/t13-/m0/s1. The highest BCUT2D eigenvalue weighted by molar-refractivity contribution is 7.07. The monoisotopic (exact) mass is 336 g/mol. The SMILES string of the molecule is Cc1noc([C@@H](NC(=O)NCc2ccsc2)C2CCOCC2)n1. The molecule has 0 bridgehead atoms. The zero-order chi connectivity index (χ0) is 16.1. The van der Waals surface area contributed by atoms with Gasteiger partial charge in [-0.3, -0.25) is 0 Å². The number of aromatic nitrogens is 2. The average molecular weight is 336 g/mol. The van der Waals surface area contributed by atoms with E-state index < -0.39 is 0 Å². The zero-order valence-electron chi connectivity index (χ0n) is 12.9. The Balaban J connectivity index is 1.64. The third-order valence-corrected chi connectivity index (χ3v) is 4.60. The maximum absolute atomic E-state index is 12.2. The predicted octanol–water partition coefficient (Wildman–Crippen LogP) is 2.41. The second-order valence-electron chi connectivity index (χ2n) is 5.57. The van der Waals surface area contributed by atoms with Gasteiger partial charge in [-0.2, -0.15) is 16.3 Å². The molecule has 8 heteroatoms. The quantitative estimate of drug-likeness (QED) is 0.875. The average Bonchev–Trinajstić information content (AvgIpc) is 3.23. The number of thiophene rings is 1. The predicted molar refractivity (Wildman–Crippen MR) is 85.0 cm³/mol. The van der Waals surface area contributed by atoms with Crippen LogP contribution in [0.3, 0.4) is 0 Å². The van der Waals surface area contributed by atoms with Crippen molar-refractivity contribution in [3.8, 4) is 0 Å². The first-order chi connectivity index (χ1) is 11.2. The molecule has 3 heterocycles. The molecule has 1 saturated heterocycles. The number of carbonyl (C=O) groups excluding carboxylic acids is 1. The van der Waals surface area contributed by atoms with Crippen LogP contribution < -0.4 is 10.6 Å². The van der Waals surface area contributed by atoms with Crippen LogP contribution in [0.2, 0.25) is 0 Å². The molecule has 2 aromatic heterocycles. The van der Waals surface area contributed by atoms with Gasteiger partial charge in [-0.05, 0) is 48.1 Å². The highest BCUT2D eigenvalue weighted by atomic mass is 32.1. The minimum Gasteiger partial charge on any atom is -0.381 e. The van der Waals surface area contributed by atoms with Gasteiger partial charge in [0.2, 0.25) is 5.89 Å². The van der Waals surface area contributed by atoms with Crippen molar-refractivity contribution < 1.29 is 14.1 Å². The first kappa shape index (κ1) is 15.9. The van der Waals surface area contributed by atoms with Crippen molar-refractivity contribution in [2.45, 2.75) is 32.4 Å². The van der Waals surface area contributed by atoms with E-state index in [1.165, 1.54) is 0 Å². The van der Waals surface area contributed by atoms with Crippen molar-refractivity contribution in [1.29, 1.82) is 0 Å². The summed E-state index contributed by atoms with van der Waals surface area (Å²) in [5.41, 5.74) is 1.08. The Morgan fingerprint density at radius 2 is 2.30 bits per heavy atom. The molecule has 2 aromatic rings. The Kier molecular flexibility index (Phi) is 5.24. The molecule has 7 nitrogen and oxygen atoms in total. The van der Waals surface area contributed by atoms with Gasteiger partial charge in [0.15, 0.2) is 5.82 Å². The summed E-state index contributed by atoms with van der Waals surface area (Å²) in [5.74, 6) is 1.26. The van der Waals surface area contributed by atoms with Gasteiger partial charge in [-0.15, -0.1) is 0 Å². The fourth-order valence-corrected chi connectivity index (χ4v) is 3.31. The zero-order valence-corrected chi connectivity index (χ0v) is 13.8. The van der Waals surface area contributed by atoms with Crippen LogP contribution in [0.4, 0.5) is 4.79 Å². The second kappa shape index (κ2) is 7.56. The lowest BCUT2D eigenvalue weighted by molar-refractivity contribution is 0.0503. The van der Waals surface area contributed by atoms with Crippen molar-refractivity contribution in [3.05, 3.63) is 34.1 Å². The van der Waals surface area contributed by atoms with Gasteiger partial charge < -0.3 is 19.9 Å². The van der Waals surface area contributed by atoms with E-state index >= 15 is 0 Å². The van der Waals surface area contributed by atoms with Crippen LogP contribution in [0.5, 0.6) is 0 Å². The molecule has 1 aliphatic rings. The topological polar surface area (TPSA) is 89.3 Å². The smallest absolute Gasteiger partial charge is 0.315 e. The number of carbonyl (C=O) groups is 1. The Bertz CT molecular complexity index is 622. The highest BCUT2D eigenvalue weighted by Gasteiger charge is 2.31. The molecule has 124 valence electrons. The molecule has 0 saturated carbocycles. The number of aryl methyl sites for hydroxylation is 1. The van der Waals surface area contributed by atoms with Crippen LogP contribution in [0.25, 0.3) is 0 Å². The maximum atomic E-state index is 12.2. The Hall–Kier alpha value is -1.93. The van der Waals surface area contributed by atoms with Crippen LogP contribution in [0, 0.1) is 12.8 Å². The highest BCUT2D eigenvalue weighted by Crippen LogP contribution is 2.29. The lowest BCUT2D eigenvalue weighted by Gasteiger charge is -2.28. The van der Waals surface area contributed by atoms with Crippen LogP contribution in [0.15, 0.2) is 21.3 Å². The minimum absolute atomic E-state index is 0.232. The molecule has 2 N–H and O–H groups in total. The maximum Gasteiger partial charge on any atom is 0.315 e. The summed E-state index contributed by atoms with van der Waals surface area (Å²) in [6.07, 6.45) is 1.72. The van der Waals surface area contributed by atoms with Gasteiger partial charge in [-0.25, -0.2) is 4.79 Å². The van der Waals surface area contributed by atoms with E-state index in [1.807, 2.05) is 16.8 Å². The molecule has 2 amide bonds. The first-order valence-corrected chi connectivity index (χ1v) is 8.60. The Labute approximate surface area is 138 Å². The van der Waals surface area contributed by atoms with Crippen LogP contribution >= 0.6 is 11.3 Å². The van der Waals surface area contributed by atoms with Gasteiger partial charge in [0.1, 0.15) is 6.04 Å². The number of hydrogen-bond acceptors (Lipinski definition) is 6. The number of ether oxygens (including phenoxy) is 1. The lowest BCUT2D eigenvalue weighted by atomic mass is 9.91. The summed E-state index contributed by atoms with van der Waals surface area (Å²) >= 11 is 1.61. The second-order valence-corrected chi connectivity index (χ2v) is 6.35. The number of nitrogens with zero attached hydrogens (tertiary/aromatic N) is 2. The van der Waals surface area contributed by atoms with E-state index in [9.17, 15) is 4.79 Å². The fourth-order valence-electron chi connectivity index (χ4n) is 2.64. The third kappa shape index (κ3) is 4.29. The summed E-state index contributed by atoms with van der Waals surface area (Å²) in [5, 5.41) is 13.7. The summed E-state index contributed by atoms with van der Waals surface area (Å²) in [4.78, 5) is 16.5. The third-order valence-electron chi connectivity index (χ3n) is 3.87. The first-order valence-electron chi connectivity index (χ1n) is 7.66. The fraction of sp³-hybridized carbons (Fsp3) is 0.533. The molecule has 1 aliphatic heterocycles. The molecule has 0 aromatic carbocycles. The van der Waals surface area contributed by atoms with Crippen LogP contribution in [-0.4, -0.2) is 29.4 Å². The van der Waals surface area contributed by atoms with Gasteiger partial charge in [0.25, 0.3) is 0 Å². The molecule has 1 atom stereocenters. The number of nitrogens with one attached hydrogen (secondary N) is 2. The van der Waals surface area contributed by atoms with Gasteiger partial charge in [0.05, 0.1) is 0 Å². The van der Waals surface area contributed by atoms with Gasteiger partial charge in [-0.1, -0.05) is 5.16 Å². The van der Waals surface area contributed by atoms with Gasteiger partial charge in [0, 0.05) is 19.8 Å². The van der Waals surface area contributed by atoms with Crippen molar-refractivity contribution in [2.24, 2.45) is 5.92 Å². The molecular weight excluding hydrogens is 316 g/mol. The minimum atomic E-state index is -0.289. The largest absolute Gasteiger partial charge is 0.381 e. The van der Waals surface area contributed by atoms with E-state index in [-0.39, 0.29) is 18.0 Å². The van der Waals surface area contributed by atoms with E-state index in [1.54, 1.807) is 18.3 Å². The van der Waals surface area contributed by atoms with E-state index in [4.69, 9.17) is 9.26 Å². The molecule has 23 heavy (non-hydrogen) atoms. The van der Waals surface area contributed by atoms with Crippen LogP contribution in [-0.2, 0) is 11.3 Å². The summed E-state index contributed by atoms with van der Waals surface area (Å²) in [6, 6.07) is 1.47. The number of amides is 2. The number of rotatable bonds is 5. The molecule has 0 unspecified atom stereocenters. The van der Waals surface area contributed by atoms with Crippen LogP contribution in [0.1, 0.15) is 36.2 Å². The van der Waals surface area contributed by atoms with Crippen molar-refractivity contribution in [1.82, 2.24) is 20.8 Å². The molecule has 0 radical (unpaired) electrons. The molecule has 1 fully saturated rings. The summed E-state index contributed by atoms with van der Waals surface area (Å²) in [7, 11) is 0. The Morgan fingerprint density at radius 1 is 1.48 bits per heavy atom. The lowest BCUT2D eigenvalue weighted by Crippen LogP contribution is -2.41. The number of hydrogen-bond donors (Lipinski definition) is 2. The molecule has 3 rings (SSSR count). The van der Waals surface area contributed by atoms with E-state index in [2.05, 4.69) is 20.8 Å². The number of urea groups is 1.